The molecule has 1 aromatic carbocycles. The molecule has 2 aromatic rings. The largest absolute Gasteiger partial charge is 0.352 e. The number of anilines is 2. The molecule has 1 atom stereocenters. The normalized spacial score (nSPS) is 17.6. The lowest BCUT2D eigenvalue weighted by Gasteiger charge is -2.47. The number of carbonyl (C=O) groups excluding carboxylic acids is 1. The molecular weight excluding hydrogens is 384 g/mol. The Morgan fingerprint density at radius 2 is 1.86 bits per heavy atom. The summed E-state index contributed by atoms with van der Waals surface area (Å²) >= 11 is 6.36. The zero-order valence-electron chi connectivity index (χ0n) is 17.9. The van der Waals surface area contributed by atoms with Gasteiger partial charge in [-0.15, -0.1) is 0 Å². The van der Waals surface area contributed by atoms with Crippen LogP contribution in [0.5, 0.6) is 0 Å². The molecule has 1 aromatic heterocycles. The van der Waals surface area contributed by atoms with E-state index in [1.165, 1.54) is 5.56 Å². The molecular formula is C23H31ClN4O. The highest BCUT2D eigenvalue weighted by atomic mass is 35.5. The first-order valence-electron chi connectivity index (χ1n) is 10.2. The Bertz CT molecular complexity index is 845. The molecule has 2 heterocycles. The summed E-state index contributed by atoms with van der Waals surface area (Å²) in [4.78, 5) is 21.7. The fraction of sp³-hybridized carbons (Fsp3) is 0.478. The first-order valence-corrected chi connectivity index (χ1v) is 10.6. The van der Waals surface area contributed by atoms with Crippen LogP contribution in [-0.2, 0) is 0 Å². The number of nitrogens with zero attached hydrogens (tertiary/aromatic N) is 3. The van der Waals surface area contributed by atoms with Crippen molar-refractivity contribution >= 4 is 29.1 Å². The Hall–Kier alpha value is -2.27. The third-order valence-corrected chi connectivity index (χ3v) is 5.80. The Morgan fingerprint density at radius 1 is 1.17 bits per heavy atom. The van der Waals surface area contributed by atoms with Crippen LogP contribution in [0.2, 0.25) is 5.02 Å². The van der Waals surface area contributed by atoms with E-state index in [9.17, 15) is 4.79 Å². The van der Waals surface area contributed by atoms with Gasteiger partial charge in [0.25, 0.3) is 0 Å². The molecule has 1 fully saturated rings. The van der Waals surface area contributed by atoms with E-state index in [0.29, 0.717) is 30.6 Å². The summed E-state index contributed by atoms with van der Waals surface area (Å²) in [5, 5.41) is 3.71. The lowest BCUT2D eigenvalue weighted by Crippen LogP contribution is -2.60. The van der Waals surface area contributed by atoms with Crippen molar-refractivity contribution in [2.24, 2.45) is 5.41 Å². The van der Waals surface area contributed by atoms with Crippen LogP contribution in [-0.4, -0.2) is 41.6 Å². The Balaban J connectivity index is 1.76. The van der Waals surface area contributed by atoms with Crippen molar-refractivity contribution < 1.29 is 4.79 Å². The fourth-order valence-electron chi connectivity index (χ4n) is 3.72. The van der Waals surface area contributed by atoms with Crippen molar-refractivity contribution in [3.63, 3.8) is 0 Å². The van der Waals surface area contributed by atoms with E-state index >= 15 is 0 Å². The molecule has 0 bridgehead atoms. The van der Waals surface area contributed by atoms with Gasteiger partial charge in [-0.2, -0.15) is 0 Å². The molecule has 3 rings (SSSR count). The molecule has 1 saturated heterocycles. The van der Waals surface area contributed by atoms with Gasteiger partial charge >= 0.3 is 6.03 Å². The van der Waals surface area contributed by atoms with Crippen LogP contribution in [0.3, 0.4) is 0 Å². The number of nitrogens with one attached hydrogen (secondary N) is 1. The van der Waals surface area contributed by atoms with Gasteiger partial charge in [-0.3, -0.25) is 0 Å². The zero-order valence-corrected chi connectivity index (χ0v) is 18.7. The number of halogens is 1. The minimum absolute atomic E-state index is 0.0317. The number of hydrogen-bond donors (Lipinski definition) is 1. The molecule has 0 spiro atoms. The number of pyridine rings is 1. The molecule has 0 radical (unpaired) electrons. The van der Waals surface area contributed by atoms with Crippen LogP contribution >= 0.6 is 11.6 Å². The summed E-state index contributed by atoms with van der Waals surface area (Å²) in [7, 11) is 0. The summed E-state index contributed by atoms with van der Waals surface area (Å²) in [6.07, 6.45) is 1.76. The van der Waals surface area contributed by atoms with E-state index in [4.69, 9.17) is 11.6 Å². The molecule has 1 aliphatic rings. The minimum atomic E-state index is -0.0846. The summed E-state index contributed by atoms with van der Waals surface area (Å²) in [6, 6.07) is 11.8. The van der Waals surface area contributed by atoms with E-state index in [1.807, 2.05) is 29.2 Å². The van der Waals surface area contributed by atoms with Crippen LogP contribution in [0.25, 0.3) is 0 Å². The van der Waals surface area contributed by atoms with Gasteiger partial charge in [-0.05, 0) is 41.2 Å². The number of rotatable bonds is 3. The second-order valence-electron chi connectivity index (χ2n) is 9.04. The van der Waals surface area contributed by atoms with Crippen LogP contribution in [0.1, 0.15) is 46.1 Å². The van der Waals surface area contributed by atoms with Crippen molar-refractivity contribution in [3.8, 4) is 0 Å². The average molecular weight is 415 g/mol. The maximum absolute atomic E-state index is 13.1. The van der Waals surface area contributed by atoms with Crippen LogP contribution < -0.4 is 10.2 Å². The van der Waals surface area contributed by atoms with Gasteiger partial charge in [0.2, 0.25) is 0 Å². The molecule has 6 heteroatoms. The van der Waals surface area contributed by atoms with Gasteiger partial charge < -0.3 is 15.1 Å². The zero-order chi connectivity index (χ0) is 21.2. The first-order chi connectivity index (χ1) is 13.7. The van der Waals surface area contributed by atoms with Gasteiger partial charge in [0.1, 0.15) is 5.82 Å². The Morgan fingerprint density at radius 3 is 2.45 bits per heavy atom. The summed E-state index contributed by atoms with van der Waals surface area (Å²) in [5.74, 6) is 1.25. The third kappa shape index (κ3) is 5.02. The van der Waals surface area contributed by atoms with Gasteiger partial charge in [0.05, 0.1) is 11.1 Å². The number of carbonyl (C=O) groups is 1. The quantitative estimate of drug-likeness (QED) is 0.708. The minimum Gasteiger partial charge on any atom is -0.352 e. The van der Waals surface area contributed by atoms with Crippen LogP contribution in [0.15, 0.2) is 42.6 Å². The lowest BCUT2D eigenvalue weighted by atomic mass is 9.84. The standard InChI is InChI=1S/C23H31ClN4O/c1-16(2)17-8-10-18(11-9-17)26-22(29)28-14-13-27(15-20(28)23(3,4)5)21-19(24)7-6-12-25-21/h6-12,16,20H,13-15H2,1-5H3,(H,26,29). The molecule has 0 saturated carbocycles. The number of hydrogen-bond acceptors (Lipinski definition) is 3. The van der Waals surface area contributed by atoms with Crippen LogP contribution in [0.4, 0.5) is 16.3 Å². The predicted molar refractivity (Wildman–Crippen MR) is 121 cm³/mol. The van der Waals surface area contributed by atoms with E-state index in [1.54, 1.807) is 6.20 Å². The first kappa shape index (κ1) is 21.4. The van der Waals surface area contributed by atoms with Gasteiger partial charge in [-0.1, -0.05) is 58.4 Å². The smallest absolute Gasteiger partial charge is 0.322 e. The SMILES string of the molecule is CC(C)c1ccc(NC(=O)N2CCN(c3ncccc3Cl)CC2C(C)(C)C)cc1. The summed E-state index contributed by atoms with van der Waals surface area (Å²) in [5.41, 5.74) is 2.00. The number of aromatic nitrogens is 1. The average Bonchev–Trinajstić information content (AvgIpc) is 2.67. The van der Waals surface area contributed by atoms with Gasteiger partial charge in [0, 0.05) is 31.5 Å². The molecule has 1 unspecified atom stereocenters. The molecule has 1 N–H and O–H groups in total. The van der Waals surface area contributed by atoms with Crippen molar-refractivity contribution in [2.75, 3.05) is 29.9 Å². The molecule has 29 heavy (non-hydrogen) atoms. The van der Waals surface area contributed by atoms with Crippen molar-refractivity contribution in [1.82, 2.24) is 9.88 Å². The molecule has 2 amide bonds. The van der Waals surface area contributed by atoms with E-state index in [-0.39, 0.29) is 17.5 Å². The summed E-state index contributed by atoms with van der Waals surface area (Å²) in [6.45, 7) is 12.8. The van der Waals surface area contributed by atoms with E-state index in [0.717, 1.165) is 11.5 Å². The Kier molecular flexibility index (Phi) is 6.37. The topological polar surface area (TPSA) is 48.5 Å². The molecule has 156 valence electrons. The molecule has 0 aliphatic carbocycles. The highest BCUT2D eigenvalue weighted by Gasteiger charge is 2.38. The van der Waals surface area contributed by atoms with E-state index in [2.05, 4.69) is 62.0 Å². The summed E-state index contributed by atoms with van der Waals surface area (Å²) < 4.78 is 0. The maximum atomic E-state index is 13.1. The number of amides is 2. The predicted octanol–water partition coefficient (Wildman–Crippen LogP) is 5.63. The second-order valence-corrected chi connectivity index (χ2v) is 9.44. The van der Waals surface area contributed by atoms with Crippen LogP contribution in [0, 0.1) is 5.41 Å². The van der Waals surface area contributed by atoms with Crippen molar-refractivity contribution in [2.45, 2.75) is 46.6 Å². The maximum Gasteiger partial charge on any atom is 0.322 e. The van der Waals surface area contributed by atoms with Crippen molar-refractivity contribution in [3.05, 3.63) is 53.2 Å². The van der Waals surface area contributed by atoms with Gasteiger partial charge in [-0.25, -0.2) is 9.78 Å². The molecule has 1 aliphatic heterocycles. The van der Waals surface area contributed by atoms with E-state index < -0.39 is 0 Å². The number of urea groups is 1. The number of piperazine rings is 1. The Labute approximate surface area is 179 Å². The second kappa shape index (κ2) is 8.62. The molecule has 5 nitrogen and oxygen atoms in total. The third-order valence-electron chi connectivity index (χ3n) is 5.51. The van der Waals surface area contributed by atoms with Crippen molar-refractivity contribution in [1.29, 1.82) is 0 Å². The number of benzene rings is 1. The highest BCUT2D eigenvalue weighted by molar-refractivity contribution is 6.32. The lowest BCUT2D eigenvalue weighted by molar-refractivity contribution is 0.114. The highest BCUT2D eigenvalue weighted by Crippen LogP contribution is 2.32. The van der Waals surface area contributed by atoms with Gasteiger partial charge in [0.15, 0.2) is 0 Å². The fourth-order valence-corrected chi connectivity index (χ4v) is 3.96. The monoisotopic (exact) mass is 414 g/mol.